The number of hydrogen-bond donors (Lipinski definition) is 2. The van der Waals surface area contributed by atoms with E-state index in [1.807, 2.05) is 13.8 Å². The van der Waals surface area contributed by atoms with Gasteiger partial charge in [-0.15, -0.1) is 24.0 Å². The first-order chi connectivity index (χ1) is 12.5. The first-order valence-electron chi connectivity index (χ1n) is 9.17. The SMILES string of the molecule is CCNC(=NCC(C)Oc1ccc(F)cc1)NCCN(C)CCCOC.I. The van der Waals surface area contributed by atoms with Crippen LogP contribution >= 0.6 is 24.0 Å². The number of guanidine groups is 1. The molecule has 1 atom stereocenters. The Hall–Kier alpha value is -1.13. The highest BCUT2D eigenvalue weighted by Gasteiger charge is 2.05. The number of nitrogens with one attached hydrogen (secondary N) is 2. The summed E-state index contributed by atoms with van der Waals surface area (Å²) in [7, 11) is 3.82. The Bertz CT molecular complexity index is 517. The fourth-order valence-corrected chi connectivity index (χ4v) is 2.30. The molecule has 0 heterocycles. The molecule has 0 aliphatic rings. The summed E-state index contributed by atoms with van der Waals surface area (Å²) in [6, 6.07) is 6.02. The molecule has 0 aliphatic carbocycles. The number of ether oxygens (including phenoxy) is 2. The van der Waals surface area contributed by atoms with E-state index in [9.17, 15) is 4.39 Å². The van der Waals surface area contributed by atoms with Crippen LogP contribution in [0.3, 0.4) is 0 Å². The average molecular weight is 496 g/mol. The second kappa shape index (κ2) is 15.9. The van der Waals surface area contributed by atoms with Crippen molar-refractivity contribution in [3.8, 4) is 5.75 Å². The maximum absolute atomic E-state index is 12.9. The first kappa shape index (κ1) is 25.9. The summed E-state index contributed by atoms with van der Waals surface area (Å²) in [4.78, 5) is 6.82. The molecule has 0 spiro atoms. The normalized spacial score (nSPS) is 12.4. The Kier molecular flexibility index (Phi) is 15.2. The Balaban J connectivity index is 0.00000676. The van der Waals surface area contributed by atoms with Gasteiger partial charge in [0.25, 0.3) is 0 Å². The van der Waals surface area contributed by atoms with Crippen molar-refractivity contribution in [2.45, 2.75) is 26.4 Å². The van der Waals surface area contributed by atoms with Gasteiger partial charge in [0, 0.05) is 39.9 Å². The van der Waals surface area contributed by atoms with Crippen molar-refractivity contribution in [1.29, 1.82) is 0 Å². The number of halogens is 2. The molecule has 0 aromatic heterocycles. The predicted molar refractivity (Wildman–Crippen MR) is 120 cm³/mol. The van der Waals surface area contributed by atoms with Crippen molar-refractivity contribution in [2.75, 3.05) is 53.5 Å². The molecule has 0 radical (unpaired) electrons. The molecule has 0 fully saturated rings. The van der Waals surface area contributed by atoms with Gasteiger partial charge in [0.15, 0.2) is 5.96 Å². The van der Waals surface area contributed by atoms with Crippen LogP contribution in [0.5, 0.6) is 5.75 Å². The second-order valence-electron chi connectivity index (χ2n) is 6.18. The van der Waals surface area contributed by atoms with Gasteiger partial charge in [-0.25, -0.2) is 9.38 Å². The Labute approximate surface area is 179 Å². The number of benzene rings is 1. The Morgan fingerprint density at radius 3 is 2.56 bits per heavy atom. The van der Waals surface area contributed by atoms with E-state index in [4.69, 9.17) is 9.47 Å². The van der Waals surface area contributed by atoms with Crippen LogP contribution in [0.2, 0.25) is 0 Å². The van der Waals surface area contributed by atoms with Gasteiger partial charge in [0.05, 0.1) is 6.54 Å². The lowest BCUT2D eigenvalue weighted by molar-refractivity contribution is 0.180. The van der Waals surface area contributed by atoms with Crippen molar-refractivity contribution < 1.29 is 13.9 Å². The molecule has 0 amide bonds. The van der Waals surface area contributed by atoms with Crippen LogP contribution in [0.4, 0.5) is 4.39 Å². The van der Waals surface area contributed by atoms with Gasteiger partial charge in [-0.2, -0.15) is 0 Å². The van der Waals surface area contributed by atoms with Gasteiger partial charge in [0.2, 0.25) is 0 Å². The van der Waals surface area contributed by atoms with Gasteiger partial charge in [-0.1, -0.05) is 0 Å². The third-order valence-electron chi connectivity index (χ3n) is 3.68. The predicted octanol–water partition coefficient (Wildman–Crippen LogP) is 2.73. The summed E-state index contributed by atoms with van der Waals surface area (Å²) in [5, 5.41) is 6.56. The van der Waals surface area contributed by atoms with E-state index >= 15 is 0 Å². The molecule has 1 unspecified atom stereocenters. The third-order valence-corrected chi connectivity index (χ3v) is 3.68. The summed E-state index contributed by atoms with van der Waals surface area (Å²) in [6.45, 7) is 8.81. The van der Waals surface area contributed by atoms with Crippen molar-refractivity contribution >= 4 is 29.9 Å². The molecule has 0 saturated carbocycles. The van der Waals surface area contributed by atoms with Gasteiger partial charge in [-0.05, 0) is 51.6 Å². The number of aliphatic imine (C=N–C) groups is 1. The third kappa shape index (κ3) is 12.8. The van der Waals surface area contributed by atoms with E-state index in [2.05, 4.69) is 27.6 Å². The minimum Gasteiger partial charge on any atom is -0.489 e. The van der Waals surface area contributed by atoms with Crippen LogP contribution in [0.15, 0.2) is 29.3 Å². The van der Waals surface area contributed by atoms with Gasteiger partial charge < -0.3 is 25.0 Å². The van der Waals surface area contributed by atoms with Crippen LogP contribution in [0, 0.1) is 5.82 Å². The summed E-state index contributed by atoms with van der Waals surface area (Å²) >= 11 is 0. The smallest absolute Gasteiger partial charge is 0.191 e. The molecule has 1 aromatic rings. The van der Waals surface area contributed by atoms with Gasteiger partial charge in [0.1, 0.15) is 17.7 Å². The fraction of sp³-hybridized carbons (Fsp3) is 0.632. The lowest BCUT2D eigenvalue weighted by Crippen LogP contribution is -2.41. The molecule has 2 N–H and O–H groups in total. The number of hydrogen-bond acceptors (Lipinski definition) is 4. The van der Waals surface area contributed by atoms with Crippen molar-refractivity contribution in [1.82, 2.24) is 15.5 Å². The molecule has 0 bridgehead atoms. The molecular weight excluding hydrogens is 462 g/mol. The van der Waals surface area contributed by atoms with Gasteiger partial charge >= 0.3 is 0 Å². The van der Waals surface area contributed by atoms with Crippen molar-refractivity contribution in [2.24, 2.45) is 4.99 Å². The molecule has 0 saturated heterocycles. The van der Waals surface area contributed by atoms with E-state index in [0.717, 1.165) is 45.2 Å². The number of likely N-dealkylation sites (N-methyl/N-ethyl adjacent to an activating group) is 1. The molecule has 27 heavy (non-hydrogen) atoms. The molecule has 1 rings (SSSR count). The molecule has 1 aromatic carbocycles. The highest BCUT2D eigenvalue weighted by Crippen LogP contribution is 2.12. The summed E-state index contributed by atoms with van der Waals surface area (Å²) in [5.74, 6) is 1.14. The fourth-order valence-electron chi connectivity index (χ4n) is 2.30. The van der Waals surface area contributed by atoms with E-state index in [1.54, 1.807) is 19.2 Å². The van der Waals surface area contributed by atoms with Crippen molar-refractivity contribution in [3.05, 3.63) is 30.1 Å². The first-order valence-corrected chi connectivity index (χ1v) is 9.17. The summed E-state index contributed by atoms with van der Waals surface area (Å²) in [6.07, 6.45) is 0.923. The minimum absolute atomic E-state index is 0. The van der Waals surface area contributed by atoms with Crippen LogP contribution in [0.1, 0.15) is 20.3 Å². The Morgan fingerprint density at radius 1 is 1.22 bits per heavy atom. The lowest BCUT2D eigenvalue weighted by Gasteiger charge is -2.18. The second-order valence-corrected chi connectivity index (χ2v) is 6.18. The zero-order valence-electron chi connectivity index (χ0n) is 16.8. The lowest BCUT2D eigenvalue weighted by atomic mass is 10.3. The van der Waals surface area contributed by atoms with Gasteiger partial charge in [-0.3, -0.25) is 0 Å². The minimum atomic E-state index is -0.270. The van der Waals surface area contributed by atoms with Crippen LogP contribution < -0.4 is 15.4 Å². The van der Waals surface area contributed by atoms with Crippen LogP contribution in [0.25, 0.3) is 0 Å². The molecule has 156 valence electrons. The summed E-state index contributed by atoms with van der Waals surface area (Å²) in [5.41, 5.74) is 0. The molecule has 0 aliphatic heterocycles. The maximum Gasteiger partial charge on any atom is 0.191 e. The largest absolute Gasteiger partial charge is 0.489 e. The summed E-state index contributed by atoms with van der Waals surface area (Å²) < 4.78 is 23.7. The topological polar surface area (TPSA) is 58.1 Å². The highest BCUT2D eigenvalue weighted by atomic mass is 127. The van der Waals surface area contributed by atoms with E-state index in [-0.39, 0.29) is 35.9 Å². The zero-order valence-corrected chi connectivity index (χ0v) is 19.2. The maximum atomic E-state index is 12.9. The molecule has 6 nitrogen and oxygen atoms in total. The Morgan fingerprint density at radius 2 is 1.93 bits per heavy atom. The van der Waals surface area contributed by atoms with Crippen LogP contribution in [-0.2, 0) is 4.74 Å². The van der Waals surface area contributed by atoms with E-state index in [1.165, 1.54) is 12.1 Å². The quantitative estimate of drug-likeness (QED) is 0.202. The number of methoxy groups -OCH3 is 1. The number of nitrogens with zero attached hydrogens (tertiary/aromatic N) is 2. The molecular formula is C19H34FIN4O2. The molecule has 8 heteroatoms. The highest BCUT2D eigenvalue weighted by molar-refractivity contribution is 14.0. The number of rotatable bonds is 12. The van der Waals surface area contributed by atoms with Crippen LogP contribution in [-0.4, -0.2) is 70.5 Å². The van der Waals surface area contributed by atoms with E-state index in [0.29, 0.717) is 12.3 Å². The zero-order chi connectivity index (χ0) is 19.2. The average Bonchev–Trinajstić information content (AvgIpc) is 2.62. The standard InChI is InChI=1S/C19H33FN4O2.HI/c1-5-21-19(22-11-13-24(3)12-6-14-25-4)23-15-16(2)26-18-9-7-17(20)8-10-18;/h7-10,16H,5-6,11-15H2,1-4H3,(H2,21,22,23);1H. The van der Waals surface area contributed by atoms with E-state index < -0.39 is 0 Å². The van der Waals surface area contributed by atoms with Crippen molar-refractivity contribution in [3.63, 3.8) is 0 Å². The monoisotopic (exact) mass is 496 g/mol.